The summed E-state index contributed by atoms with van der Waals surface area (Å²) in [6, 6.07) is 10.9. The summed E-state index contributed by atoms with van der Waals surface area (Å²) in [5, 5.41) is 3.55. The molecule has 0 N–H and O–H groups in total. The number of thiophene rings is 2. The van der Waals surface area contributed by atoms with E-state index in [1.165, 1.54) is 29.0 Å². The highest BCUT2D eigenvalue weighted by atomic mass is 127. The summed E-state index contributed by atoms with van der Waals surface area (Å²) in [7, 11) is 0. The van der Waals surface area contributed by atoms with Gasteiger partial charge in [-0.15, -0.1) is 22.7 Å². The molecule has 1 aromatic carbocycles. The number of benzene rings is 1. The van der Waals surface area contributed by atoms with E-state index in [-0.39, 0.29) is 0 Å². The lowest BCUT2D eigenvalue weighted by Crippen LogP contribution is -1.74. The van der Waals surface area contributed by atoms with Crippen molar-refractivity contribution in [1.29, 1.82) is 0 Å². The summed E-state index contributed by atoms with van der Waals surface area (Å²) in [6.07, 6.45) is 0. The standard InChI is InChI=1S/C13H9IS2/c1-8-9(6-7-15-8)13-12(14)10-4-2-3-5-11(10)16-13/h2-7H,1H3. The van der Waals surface area contributed by atoms with Crippen LogP contribution in [0.5, 0.6) is 0 Å². The molecule has 2 aromatic heterocycles. The molecular formula is C13H9IS2. The molecule has 0 saturated carbocycles. The smallest absolute Gasteiger partial charge is 0.0500 e. The summed E-state index contributed by atoms with van der Waals surface area (Å²) in [4.78, 5) is 2.82. The lowest BCUT2D eigenvalue weighted by molar-refractivity contribution is 1.63. The molecule has 3 heteroatoms. The topological polar surface area (TPSA) is 0 Å². The number of aryl methyl sites for hydroxylation is 1. The third-order valence-corrected chi connectivity index (χ3v) is 6.17. The van der Waals surface area contributed by atoms with E-state index in [0.29, 0.717) is 0 Å². The highest BCUT2D eigenvalue weighted by molar-refractivity contribution is 14.1. The molecule has 16 heavy (non-hydrogen) atoms. The van der Waals surface area contributed by atoms with Crippen molar-refractivity contribution in [2.24, 2.45) is 0 Å². The Labute approximate surface area is 116 Å². The molecule has 0 aliphatic heterocycles. The maximum absolute atomic E-state index is 2.47. The first kappa shape index (κ1) is 10.7. The lowest BCUT2D eigenvalue weighted by atomic mass is 10.2. The molecule has 0 bridgehead atoms. The average molecular weight is 356 g/mol. The first-order valence-electron chi connectivity index (χ1n) is 4.99. The van der Waals surface area contributed by atoms with Crippen molar-refractivity contribution < 1.29 is 0 Å². The number of fused-ring (bicyclic) bond motifs is 1. The van der Waals surface area contributed by atoms with E-state index in [1.54, 1.807) is 0 Å². The minimum absolute atomic E-state index is 1.38. The minimum Gasteiger partial charge on any atom is -0.149 e. The van der Waals surface area contributed by atoms with Crippen LogP contribution in [0.25, 0.3) is 20.5 Å². The van der Waals surface area contributed by atoms with E-state index in [2.05, 4.69) is 65.2 Å². The molecule has 3 rings (SSSR count). The van der Waals surface area contributed by atoms with Gasteiger partial charge < -0.3 is 0 Å². The second kappa shape index (κ2) is 4.13. The van der Waals surface area contributed by atoms with Crippen LogP contribution in [0.3, 0.4) is 0 Å². The van der Waals surface area contributed by atoms with Crippen LogP contribution in [0.2, 0.25) is 0 Å². The molecule has 0 fully saturated rings. The Kier molecular flexibility index (Phi) is 2.77. The predicted octanol–water partition coefficient (Wildman–Crippen LogP) is 5.54. The molecule has 0 unspecified atom stereocenters. The van der Waals surface area contributed by atoms with Crippen LogP contribution < -0.4 is 0 Å². The molecule has 80 valence electrons. The van der Waals surface area contributed by atoms with Crippen LogP contribution in [0.1, 0.15) is 4.88 Å². The van der Waals surface area contributed by atoms with Gasteiger partial charge in [-0.05, 0) is 47.0 Å². The summed E-state index contributed by atoms with van der Waals surface area (Å²) in [5.74, 6) is 0. The second-order valence-corrected chi connectivity index (χ2v) is 6.88. The van der Waals surface area contributed by atoms with Gasteiger partial charge >= 0.3 is 0 Å². The molecule has 0 spiro atoms. The van der Waals surface area contributed by atoms with Crippen molar-refractivity contribution in [1.82, 2.24) is 0 Å². The predicted molar refractivity (Wildman–Crippen MR) is 82.6 cm³/mol. The van der Waals surface area contributed by atoms with Crippen molar-refractivity contribution in [3.8, 4) is 10.4 Å². The normalized spacial score (nSPS) is 11.1. The maximum atomic E-state index is 2.47. The zero-order valence-electron chi connectivity index (χ0n) is 8.66. The monoisotopic (exact) mass is 356 g/mol. The average Bonchev–Trinajstić information content (AvgIpc) is 2.84. The van der Waals surface area contributed by atoms with E-state index in [0.717, 1.165) is 0 Å². The van der Waals surface area contributed by atoms with E-state index in [1.807, 2.05) is 22.7 Å². The van der Waals surface area contributed by atoms with Gasteiger partial charge in [0.1, 0.15) is 0 Å². The van der Waals surface area contributed by atoms with Gasteiger partial charge in [0.05, 0.1) is 0 Å². The highest BCUT2D eigenvalue weighted by Gasteiger charge is 2.13. The maximum Gasteiger partial charge on any atom is 0.0500 e. The Morgan fingerprint density at radius 1 is 1.12 bits per heavy atom. The summed E-state index contributed by atoms with van der Waals surface area (Å²) in [6.45, 7) is 2.19. The summed E-state index contributed by atoms with van der Waals surface area (Å²) >= 11 is 6.18. The van der Waals surface area contributed by atoms with Crippen molar-refractivity contribution in [3.05, 3.63) is 44.2 Å². The summed E-state index contributed by atoms with van der Waals surface area (Å²) in [5.41, 5.74) is 1.40. The van der Waals surface area contributed by atoms with Gasteiger partial charge in [0.2, 0.25) is 0 Å². The molecule has 0 amide bonds. The largest absolute Gasteiger partial charge is 0.149 e. The van der Waals surface area contributed by atoms with Gasteiger partial charge in [-0.2, -0.15) is 0 Å². The molecular weight excluding hydrogens is 347 g/mol. The SMILES string of the molecule is Cc1sccc1-c1sc2ccccc2c1I. The Balaban J connectivity index is 2.33. The van der Waals surface area contributed by atoms with Crippen molar-refractivity contribution in [2.45, 2.75) is 6.92 Å². The Bertz CT molecular complexity index is 649. The van der Waals surface area contributed by atoms with Gasteiger partial charge in [-0.25, -0.2) is 0 Å². The van der Waals surface area contributed by atoms with E-state index in [9.17, 15) is 0 Å². The van der Waals surface area contributed by atoms with Gasteiger partial charge in [0.15, 0.2) is 0 Å². The van der Waals surface area contributed by atoms with E-state index >= 15 is 0 Å². The van der Waals surface area contributed by atoms with Crippen LogP contribution in [-0.4, -0.2) is 0 Å². The second-order valence-electron chi connectivity index (χ2n) is 3.63. The molecule has 2 heterocycles. The van der Waals surface area contributed by atoms with Crippen LogP contribution >= 0.6 is 45.3 Å². The molecule has 0 saturated heterocycles. The third-order valence-electron chi connectivity index (χ3n) is 2.64. The zero-order chi connectivity index (χ0) is 11.1. The van der Waals surface area contributed by atoms with Gasteiger partial charge in [-0.1, -0.05) is 18.2 Å². The molecule has 3 aromatic rings. The van der Waals surface area contributed by atoms with Crippen LogP contribution in [0, 0.1) is 10.5 Å². The fourth-order valence-electron chi connectivity index (χ4n) is 1.81. The lowest BCUT2D eigenvalue weighted by Gasteiger charge is -1.96. The van der Waals surface area contributed by atoms with Crippen molar-refractivity contribution in [2.75, 3.05) is 0 Å². The Morgan fingerprint density at radius 3 is 2.62 bits per heavy atom. The van der Waals surface area contributed by atoms with Crippen LogP contribution in [-0.2, 0) is 0 Å². The van der Waals surface area contributed by atoms with Crippen LogP contribution in [0.15, 0.2) is 35.7 Å². The van der Waals surface area contributed by atoms with Gasteiger partial charge in [0, 0.05) is 29.0 Å². The number of hydrogen-bond acceptors (Lipinski definition) is 2. The van der Waals surface area contributed by atoms with Gasteiger partial charge in [0.25, 0.3) is 0 Å². The summed E-state index contributed by atoms with van der Waals surface area (Å²) < 4.78 is 2.77. The molecule has 0 aliphatic carbocycles. The third kappa shape index (κ3) is 1.61. The Hall–Kier alpha value is -0.390. The molecule has 0 nitrogen and oxygen atoms in total. The molecule has 0 radical (unpaired) electrons. The first-order valence-corrected chi connectivity index (χ1v) is 7.76. The number of hydrogen-bond donors (Lipinski definition) is 0. The van der Waals surface area contributed by atoms with E-state index < -0.39 is 0 Å². The van der Waals surface area contributed by atoms with Gasteiger partial charge in [-0.3, -0.25) is 0 Å². The van der Waals surface area contributed by atoms with Crippen molar-refractivity contribution >= 4 is 55.4 Å². The quantitative estimate of drug-likeness (QED) is 0.502. The van der Waals surface area contributed by atoms with Crippen molar-refractivity contribution in [3.63, 3.8) is 0 Å². The fourth-order valence-corrected chi connectivity index (χ4v) is 5.03. The highest BCUT2D eigenvalue weighted by Crippen LogP contribution is 2.41. The van der Waals surface area contributed by atoms with E-state index in [4.69, 9.17) is 0 Å². The Morgan fingerprint density at radius 2 is 1.94 bits per heavy atom. The number of rotatable bonds is 1. The number of halogens is 1. The first-order chi connectivity index (χ1) is 7.77. The minimum atomic E-state index is 1.38. The molecule has 0 aliphatic rings. The fraction of sp³-hybridized carbons (Fsp3) is 0.0769. The molecule has 0 atom stereocenters. The van der Waals surface area contributed by atoms with Crippen LogP contribution in [0.4, 0.5) is 0 Å². The zero-order valence-corrected chi connectivity index (χ0v) is 12.4.